The number of hydrogen-bond acceptors (Lipinski definition) is 2. The van der Waals surface area contributed by atoms with Gasteiger partial charge < -0.3 is 10.8 Å². The highest BCUT2D eigenvalue weighted by atomic mass is 16.3. The van der Waals surface area contributed by atoms with Crippen LogP contribution in [-0.2, 0) is 0 Å². The van der Waals surface area contributed by atoms with Gasteiger partial charge in [0.25, 0.3) is 0 Å². The number of aliphatic hydroxyl groups is 1. The van der Waals surface area contributed by atoms with Gasteiger partial charge in [0.15, 0.2) is 0 Å². The van der Waals surface area contributed by atoms with Gasteiger partial charge in [-0.3, -0.25) is 0 Å². The van der Waals surface area contributed by atoms with Gasteiger partial charge in [-0.1, -0.05) is 78.9 Å². The van der Waals surface area contributed by atoms with Crippen molar-refractivity contribution in [2.45, 2.75) is 6.04 Å². The van der Waals surface area contributed by atoms with Crippen molar-refractivity contribution < 1.29 is 5.11 Å². The molecular weight excluding hydrogens is 306 g/mol. The van der Waals surface area contributed by atoms with Crippen LogP contribution in [0.25, 0.3) is 22.4 Å². The van der Waals surface area contributed by atoms with Gasteiger partial charge in [-0.25, -0.2) is 0 Å². The van der Waals surface area contributed by atoms with E-state index in [-0.39, 0.29) is 5.76 Å². The van der Waals surface area contributed by atoms with Crippen LogP contribution in [0.4, 0.5) is 0 Å². The van der Waals surface area contributed by atoms with Crippen LogP contribution in [0.5, 0.6) is 0 Å². The molecule has 1 unspecified atom stereocenters. The van der Waals surface area contributed by atoms with Crippen molar-refractivity contribution in [3.63, 3.8) is 0 Å². The predicted octanol–water partition coefficient (Wildman–Crippen LogP) is 5.09. The van der Waals surface area contributed by atoms with Gasteiger partial charge in [-0.2, -0.15) is 0 Å². The second-order valence-electron chi connectivity index (χ2n) is 6.19. The number of rotatable bonds is 2. The van der Waals surface area contributed by atoms with E-state index < -0.39 is 6.04 Å². The first kappa shape index (κ1) is 15.4. The summed E-state index contributed by atoms with van der Waals surface area (Å²) in [5.41, 5.74) is 10.5. The molecule has 3 N–H and O–H groups in total. The smallest absolute Gasteiger partial charge is 0.114 e. The molecule has 0 bridgehead atoms. The Morgan fingerprint density at radius 3 is 2.36 bits per heavy atom. The topological polar surface area (TPSA) is 46.2 Å². The van der Waals surface area contributed by atoms with E-state index in [1.807, 2.05) is 48.5 Å². The first-order valence-corrected chi connectivity index (χ1v) is 8.35. The zero-order chi connectivity index (χ0) is 17.2. The largest absolute Gasteiger partial charge is 0.510 e. The molecular formula is C23H19NO. The molecule has 0 aliphatic heterocycles. The maximum Gasteiger partial charge on any atom is 0.114 e. The molecule has 3 aromatic carbocycles. The van der Waals surface area contributed by atoms with Gasteiger partial charge in [-0.15, -0.1) is 0 Å². The van der Waals surface area contributed by atoms with E-state index in [1.165, 1.54) is 10.8 Å². The lowest BCUT2D eigenvalue weighted by atomic mass is 9.85. The summed E-state index contributed by atoms with van der Waals surface area (Å²) in [4.78, 5) is 0. The highest BCUT2D eigenvalue weighted by molar-refractivity contribution is 6.00. The van der Waals surface area contributed by atoms with Crippen LogP contribution in [0.15, 0.2) is 96.3 Å². The molecule has 0 spiro atoms. The Kier molecular flexibility index (Phi) is 3.96. The maximum atomic E-state index is 10.2. The van der Waals surface area contributed by atoms with Crippen LogP contribution in [0.3, 0.4) is 0 Å². The second-order valence-corrected chi connectivity index (χ2v) is 6.19. The molecule has 2 nitrogen and oxygen atoms in total. The normalized spacial score (nSPS) is 18.9. The summed E-state index contributed by atoms with van der Waals surface area (Å²) in [7, 11) is 0. The third kappa shape index (κ3) is 2.88. The monoisotopic (exact) mass is 325 g/mol. The van der Waals surface area contributed by atoms with Crippen LogP contribution in [0.1, 0.15) is 11.1 Å². The summed E-state index contributed by atoms with van der Waals surface area (Å²) in [5.74, 6) is 0.186. The average molecular weight is 325 g/mol. The summed E-state index contributed by atoms with van der Waals surface area (Å²) in [5, 5.41) is 12.5. The number of nitrogens with two attached hydrogens (primary N) is 1. The molecule has 0 heterocycles. The molecule has 2 heteroatoms. The van der Waals surface area contributed by atoms with Gasteiger partial charge in [0.1, 0.15) is 5.76 Å². The Labute approximate surface area is 147 Å². The fourth-order valence-corrected chi connectivity index (χ4v) is 3.30. The van der Waals surface area contributed by atoms with Gasteiger partial charge >= 0.3 is 0 Å². The molecule has 25 heavy (non-hydrogen) atoms. The molecule has 122 valence electrons. The second kappa shape index (κ2) is 6.42. The lowest BCUT2D eigenvalue weighted by Crippen LogP contribution is -2.27. The summed E-state index contributed by atoms with van der Waals surface area (Å²) in [6.07, 6.45) is 5.71. The van der Waals surface area contributed by atoms with Crippen molar-refractivity contribution in [1.29, 1.82) is 0 Å². The van der Waals surface area contributed by atoms with Crippen LogP contribution < -0.4 is 5.73 Å². The van der Waals surface area contributed by atoms with Gasteiger partial charge in [0.2, 0.25) is 0 Å². The Morgan fingerprint density at radius 2 is 1.52 bits per heavy atom. The van der Waals surface area contributed by atoms with Crippen molar-refractivity contribution in [2.75, 3.05) is 0 Å². The Balaban J connectivity index is 1.92. The van der Waals surface area contributed by atoms with E-state index in [0.717, 1.165) is 22.3 Å². The standard InChI is InChI=1S/C23H19NO/c24-23-21(15-16-7-2-1-3-8-16)20(13-14-22(23)25)19-12-6-10-17-9-4-5-11-18(17)19/h1-15,23,25H,24H2. The summed E-state index contributed by atoms with van der Waals surface area (Å²) in [6, 6.07) is 24.1. The van der Waals surface area contributed by atoms with Crippen LogP contribution >= 0.6 is 0 Å². The number of fused-ring (bicyclic) bond motifs is 1. The lowest BCUT2D eigenvalue weighted by Gasteiger charge is -2.23. The van der Waals surface area contributed by atoms with E-state index in [1.54, 1.807) is 6.08 Å². The van der Waals surface area contributed by atoms with E-state index in [4.69, 9.17) is 5.73 Å². The van der Waals surface area contributed by atoms with Gasteiger partial charge in [0.05, 0.1) is 6.04 Å². The molecule has 0 saturated carbocycles. The zero-order valence-corrected chi connectivity index (χ0v) is 13.8. The molecule has 4 rings (SSSR count). The van der Waals surface area contributed by atoms with Crippen molar-refractivity contribution in [2.24, 2.45) is 5.73 Å². The Morgan fingerprint density at radius 1 is 0.800 bits per heavy atom. The first-order chi connectivity index (χ1) is 12.2. The fourth-order valence-electron chi connectivity index (χ4n) is 3.30. The molecule has 0 fully saturated rings. The molecule has 1 atom stereocenters. The lowest BCUT2D eigenvalue weighted by molar-refractivity contribution is 0.381. The average Bonchev–Trinajstić information content (AvgIpc) is 2.66. The Bertz CT molecular complexity index is 1010. The van der Waals surface area contributed by atoms with Gasteiger partial charge in [0, 0.05) is 0 Å². The maximum absolute atomic E-state index is 10.2. The highest BCUT2D eigenvalue weighted by Crippen LogP contribution is 2.35. The third-order valence-electron chi connectivity index (χ3n) is 4.59. The van der Waals surface area contributed by atoms with E-state index in [0.29, 0.717) is 0 Å². The molecule has 1 aliphatic carbocycles. The highest BCUT2D eigenvalue weighted by Gasteiger charge is 2.23. The van der Waals surface area contributed by atoms with E-state index in [2.05, 4.69) is 36.4 Å². The summed E-state index contributed by atoms with van der Waals surface area (Å²) in [6.45, 7) is 0. The van der Waals surface area contributed by atoms with Crippen molar-refractivity contribution >= 4 is 22.4 Å². The molecule has 3 aromatic rings. The molecule has 0 aromatic heterocycles. The number of aliphatic hydroxyl groups excluding tert-OH is 1. The molecule has 0 saturated heterocycles. The SMILES string of the molecule is NC1C(O)=CC=C(c2cccc3ccccc23)C1=Cc1ccccc1. The van der Waals surface area contributed by atoms with Crippen LogP contribution in [-0.4, -0.2) is 11.1 Å². The number of hydrogen-bond donors (Lipinski definition) is 2. The minimum absolute atomic E-state index is 0.186. The summed E-state index contributed by atoms with van der Waals surface area (Å²) < 4.78 is 0. The van der Waals surface area contributed by atoms with Crippen LogP contribution in [0, 0.1) is 0 Å². The summed E-state index contributed by atoms with van der Waals surface area (Å²) >= 11 is 0. The number of allylic oxidation sites excluding steroid dienone is 2. The Hall–Kier alpha value is -3.10. The minimum Gasteiger partial charge on any atom is -0.510 e. The molecule has 0 radical (unpaired) electrons. The number of benzene rings is 3. The first-order valence-electron chi connectivity index (χ1n) is 8.35. The third-order valence-corrected chi connectivity index (χ3v) is 4.59. The van der Waals surface area contributed by atoms with E-state index >= 15 is 0 Å². The van der Waals surface area contributed by atoms with Crippen molar-refractivity contribution in [3.05, 3.63) is 107 Å². The molecule has 1 aliphatic rings. The minimum atomic E-state index is -0.529. The predicted molar refractivity (Wildman–Crippen MR) is 105 cm³/mol. The van der Waals surface area contributed by atoms with Crippen molar-refractivity contribution in [1.82, 2.24) is 0 Å². The van der Waals surface area contributed by atoms with E-state index in [9.17, 15) is 5.11 Å². The fraction of sp³-hybridized carbons (Fsp3) is 0.0435. The zero-order valence-electron chi connectivity index (χ0n) is 13.8. The van der Waals surface area contributed by atoms with Gasteiger partial charge in [-0.05, 0) is 45.2 Å². The quantitative estimate of drug-likeness (QED) is 0.689. The molecule has 0 amide bonds. The van der Waals surface area contributed by atoms with Crippen LogP contribution in [0.2, 0.25) is 0 Å². The van der Waals surface area contributed by atoms with Crippen molar-refractivity contribution in [3.8, 4) is 0 Å².